The lowest BCUT2D eigenvalue weighted by atomic mass is 9.96. The molecule has 0 unspecified atom stereocenters. The van der Waals surface area contributed by atoms with Gasteiger partial charge in [0.25, 0.3) is 11.7 Å². The first kappa shape index (κ1) is 19.8. The van der Waals surface area contributed by atoms with Crippen molar-refractivity contribution in [1.29, 1.82) is 0 Å². The number of nitrogens with one attached hydrogen (secondary N) is 1. The molecule has 1 amide bonds. The summed E-state index contributed by atoms with van der Waals surface area (Å²) in [6, 6.07) is 14.3. The van der Waals surface area contributed by atoms with Gasteiger partial charge in [-0.3, -0.25) is 14.0 Å². The summed E-state index contributed by atoms with van der Waals surface area (Å²) in [5, 5.41) is 11.3. The maximum absolute atomic E-state index is 13.1. The summed E-state index contributed by atoms with van der Waals surface area (Å²) >= 11 is 0. The molecule has 4 rings (SSSR count). The van der Waals surface area contributed by atoms with E-state index in [1.807, 2.05) is 62.6 Å². The van der Waals surface area contributed by atoms with Crippen LogP contribution in [0.5, 0.6) is 0 Å². The number of carbonyl (C=O) groups excluding carboxylic acids is 2. The number of imidazole rings is 1. The van der Waals surface area contributed by atoms with Crippen LogP contribution < -0.4 is 4.90 Å². The Labute approximate surface area is 174 Å². The minimum absolute atomic E-state index is 0.105. The predicted octanol–water partition coefficient (Wildman–Crippen LogP) is 1.21. The highest BCUT2D eigenvalue weighted by atomic mass is 16.3. The lowest BCUT2D eigenvalue weighted by Gasteiger charge is -2.25. The van der Waals surface area contributed by atoms with Gasteiger partial charge >= 0.3 is 0 Å². The van der Waals surface area contributed by atoms with Crippen molar-refractivity contribution in [2.75, 3.05) is 27.2 Å². The summed E-state index contributed by atoms with van der Waals surface area (Å²) in [4.78, 5) is 33.2. The molecule has 0 saturated carbocycles. The van der Waals surface area contributed by atoms with Gasteiger partial charge in [0.15, 0.2) is 5.76 Å². The number of hydrogen-bond donors (Lipinski definition) is 2. The molecule has 1 saturated heterocycles. The molecule has 2 N–H and O–H groups in total. The molecule has 30 heavy (non-hydrogen) atoms. The number of benzene rings is 1. The molecule has 0 aliphatic carbocycles. The monoisotopic (exact) mass is 405 g/mol. The summed E-state index contributed by atoms with van der Waals surface area (Å²) in [7, 11) is 3.99. The zero-order valence-corrected chi connectivity index (χ0v) is 17.3. The van der Waals surface area contributed by atoms with E-state index in [9.17, 15) is 14.7 Å². The van der Waals surface area contributed by atoms with Crippen molar-refractivity contribution in [2.24, 2.45) is 0 Å². The second-order valence-corrected chi connectivity index (χ2v) is 7.83. The largest absolute Gasteiger partial charge is 0.505 e. The van der Waals surface area contributed by atoms with Gasteiger partial charge in [0.05, 0.1) is 44.5 Å². The number of fused-ring (bicyclic) bond motifs is 1. The van der Waals surface area contributed by atoms with Crippen LogP contribution in [-0.2, 0) is 9.59 Å². The zero-order valence-electron chi connectivity index (χ0n) is 17.3. The van der Waals surface area contributed by atoms with Crippen molar-refractivity contribution in [2.45, 2.75) is 13.0 Å². The standard InChI is InChI=1S/C23H24N4O3/c1-15-19(26-12-8-7-11-17(26)24-15)21(28)18-20(16-9-5-4-6-10-16)27(14-13-25(2)3)23(30)22(18)29/h4-12,20,28H,13-14H2,1-3H3/p+1/t20-/m1/s1. The van der Waals surface area contributed by atoms with Crippen molar-refractivity contribution in [3.05, 3.63) is 77.3 Å². The Kier molecular flexibility index (Phi) is 5.13. The summed E-state index contributed by atoms with van der Waals surface area (Å²) in [6.45, 7) is 2.88. The van der Waals surface area contributed by atoms with E-state index in [0.29, 0.717) is 30.1 Å². The Bertz CT molecular complexity index is 1150. The highest BCUT2D eigenvalue weighted by molar-refractivity contribution is 6.46. The maximum atomic E-state index is 13.1. The van der Waals surface area contributed by atoms with Crippen molar-refractivity contribution >= 4 is 23.1 Å². The number of hydrogen-bond acceptors (Lipinski definition) is 4. The number of pyridine rings is 1. The second kappa shape index (κ2) is 7.76. The number of aliphatic hydroxyl groups excluding tert-OH is 1. The lowest BCUT2D eigenvalue weighted by molar-refractivity contribution is -0.857. The van der Waals surface area contributed by atoms with Gasteiger partial charge in [-0.05, 0) is 24.6 Å². The van der Waals surface area contributed by atoms with E-state index in [1.54, 1.807) is 22.4 Å². The molecule has 154 valence electrons. The van der Waals surface area contributed by atoms with Crippen LogP contribution >= 0.6 is 0 Å². The quantitative estimate of drug-likeness (QED) is 0.380. The highest BCUT2D eigenvalue weighted by Gasteiger charge is 2.46. The van der Waals surface area contributed by atoms with E-state index in [-0.39, 0.29) is 11.3 Å². The number of likely N-dealkylation sites (tertiary alicyclic amines) is 1. The van der Waals surface area contributed by atoms with Gasteiger partial charge in [-0.2, -0.15) is 0 Å². The van der Waals surface area contributed by atoms with Gasteiger partial charge in [-0.25, -0.2) is 4.98 Å². The maximum Gasteiger partial charge on any atom is 0.295 e. The Morgan fingerprint density at radius 1 is 1.10 bits per heavy atom. The van der Waals surface area contributed by atoms with Crippen LogP contribution in [0.2, 0.25) is 0 Å². The Balaban J connectivity index is 1.92. The number of amides is 1. The lowest BCUT2D eigenvalue weighted by Crippen LogP contribution is -3.06. The molecule has 3 heterocycles. The van der Waals surface area contributed by atoms with Crippen molar-refractivity contribution in [1.82, 2.24) is 14.3 Å². The van der Waals surface area contributed by atoms with Gasteiger partial charge in [-0.15, -0.1) is 0 Å². The van der Waals surface area contributed by atoms with E-state index in [0.717, 1.165) is 5.56 Å². The SMILES string of the molecule is Cc1nc2ccccn2c1C(O)=C1C(=O)C(=O)N(CC[NH+](C)C)[C@@H]1c1ccccc1. The zero-order chi connectivity index (χ0) is 21.4. The third-order valence-electron chi connectivity index (χ3n) is 5.44. The summed E-state index contributed by atoms with van der Waals surface area (Å²) in [5.74, 6) is -1.45. The number of aryl methyl sites for hydroxylation is 1. The molecule has 7 heteroatoms. The molecular weight excluding hydrogens is 380 g/mol. The van der Waals surface area contributed by atoms with E-state index >= 15 is 0 Å². The summed E-state index contributed by atoms with van der Waals surface area (Å²) in [6.07, 6.45) is 1.79. The highest BCUT2D eigenvalue weighted by Crippen LogP contribution is 2.39. The Morgan fingerprint density at radius 3 is 2.50 bits per heavy atom. The number of quaternary nitrogens is 1. The Morgan fingerprint density at radius 2 is 1.80 bits per heavy atom. The number of Topliss-reactive ketones (excluding diaryl/α,β-unsaturated/α-hetero) is 1. The van der Waals surface area contributed by atoms with Crippen molar-refractivity contribution in [3.63, 3.8) is 0 Å². The molecule has 1 aliphatic heterocycles. The average molecular weight is 405 g/mol. The summed E-state index contributed by atoms with van der Waals surface area (Å²) in [5.41, 5.74) is 2.59. The van der Waals surface area contributed by atoms with Crippen molar-refractivity contribution < 1.29 is 19.6 Å². The normalized spacial score (nSPS) is 18.7. The second-order valence-electron chi connectivity index (χ2n) is 7.83. The van der Waals surface area contributed by atoms with Crippen LogP contribution in [0.3, 0.4) is 0 Å². The number of aromatic nitrogens is 2. The fourth-order valence-corrected chi connectivity index (χ4v) is 3.96. The first-order valence-corrected chi connectivity index (χ1v) is 9.96. The third-order valence-corrected chi connectivity index (χ3v) is 5.44. The van der Waals surface area contributed by atoms with Crippen LogP contribution in [0.1, 0.15) is 23.0 Å². The average Bonchev–Trinajstić information content (AvgIpc) is 3.20. The van der Waals surface area contributed by atoms with E-state index in [2.05, 4.69) is 4.98 Å². The van der Waals surface area contributed by atoms with Gasteiger partial charge in [0, 0.05) is 6.20 Å². The molecule has 1 aliphatic rings. The predicted molar refractivity (Wildman–Crippen MR) is 113 cm³/mol. The first-order valence-electron chi connectivity index (χ1n) is 9.96. The van der Waals surface area contributed by atoms with Gasteiger partial charge < -0.3 is 14.9 Å². The number of carbonyl (C=O) groups is 2. The third kappa shape index (κ3) is 3.27. The van der Waals surface area contributed by atoms with Crippen LogP contribution in [-0.4, -0.2) is 58.3 Å². The number of aliphatic hydroxyl groups is 1. The van der Waals surface area contributed by atoms with Crippen LogP contribution in [0.25, 0.3) is 11.4 Å². The minimum Gasteiger partial charge on any atom is -0.505 e. The van der Waals surface area contributed by atoms with Crippen LogP contribution in [0.4, 0.5) is 0 Å². The van der Waals surface area contributed by atoms with Crippen LogP contribution in [0.15, 0.2) is 60.3 Å². The molecular formula is C23H25N4O3+. The molecule has 2 aromatic heterocycles. The topological polar surface area (TPSA) is 79.3 Å². The molecule has 0 bridgehead atoms. The number of rotatable bonds is 5. The fraction of sp³-hybridized carbons (Fsp3) is 0.261. The van der Waals surface area contributed by atoms with Gasteiger partial charge in [0.1, 0.15) is 11.3 Å². The molecule has 0 spiro atoms. The van der Waals surface area contributed by atoms with E-state index in [1.165, 1.54) is 4.90 Å². The molecule has 1 fully saturated rings. The molecule has 7 nitrogen and oxygen atoms in total. The molecule has 1 atom stereocenters. The van der Waals surface area contributed by atoms with Crippen molar-refractivity contribution in [3.8, 4) is 0 Å². The number of nitrogens with zero attached hydrogens (tertiary/aromatic N) is 3. The first-order chi connectivity index (χ1) is 14.4. The fourth-order valence-electron chi connectivity index (χ4n) is 3.96. The van der Waals surface area contributed by atoms with Crippen LogP contribution in [0, 0.1) is 6.92 Å². The van der Waals surface area contributed by atoms with Gasteiger partial charge in [-0.1, -0.05) is 36.4 Å². The summed E-state index contributed by atoms with van der Waals surface area (Å²) < 4.78 is 1.74. The Hall–Kier alpha value is -3.45. The molecule has 3 aromatic rings. The molecule has 0 radical (unpaired) electrons. The smallest absolute Gasteiger partial charge is 0.295 e. The molecule has 1 aromatic carbocycles. The minimum atomic E-state index is -0.666. The van der Waals surface area contributed by atoms with E-state index < -0.39 is 17.7 Å². The van der Waals surface area contributed by atoms with E-state index in [4.69, 9.17) is 0 Å². The number of likely N-dealkylation sites (N-methyl/N-ethyl adjacent to an activating group) is 1. The van der Waals surface area contributed by atoms with Gasteiger partial charge in [0.2, 0.25) is 0 Å². The number of ketones is 1.